The zero-order chi connectivity index (χ0) is 23.0. The van der Waals surface area contributed by atoms with Crippen molar-refractivity contribution < 1.29 is 13.8 Å². The van der Waals surface area contributed by atoms with Gasteiger partial charge >= 0.3 is 0 Å². The lowest BCUT2D eigenvalue weighted by molar-refractivity contribution is -0.118. The number of nitrogens with one attached hydrogen (secondary N) is 1. The van der Waals surface area contributed by atoms with Gasteiger partial charge in [0.1, 0.15) is 11.5 Å². The van der Waals surface area contributed by atoms with E-state index in [1.807, 2.05) is 49.4 Å². The second kappa shape index (κ2) is 11.5. The highest BCUT2D eigenvalue weighted by Crippen LogP contribution is 2.24. The number of hydrogen-bond donors (Lipinski definition) is 1. The summed E-state index contributed by atoms with van der Waals surface area (Å²) < 4.78 is 18.4. The Morgan fingerprint density at radius 2 is 1.82 bits per heavy atom. The average Bonchev–Trinajstić information content (AvgIpc) is 3.45. The standard InChI is InChI=1S/C26H31N3O3S/c1-20-24(18-33(31)19-25(30)27-14-13-21-7-3-2-4-8-21)28-26(32-20)23-11-9-22(10-12-23)17-29-15-5-6-16-29/h2-4,7-12H,5-6,13-19H2,1H3,(H,27,30). The van der Waals surface area contributed by atoms with Gasteiger partial charge in [0, 0.05) is 18.7 Å². The lowest BCUT2D eigenvalue weighted by atomic mass is 10.1. The molecule has 1 N–H and O–H groups in total. The molecule has 1 unspecified atom stereocenters. The minimum Gasteiger partial charge on any atom is -0.616 e. The van der Waals surface area contributed by atoms with Crippen molar-refractivity contribution >= 4 is 17.1 Å². The number of rotatable bonds is 10. The maximum absolute atomic E-state index is 12.5. The Morgan fingerprint density at radius 3 is 2.55 bits per heavy atom. The highest BCUT2D eigenvalue weighted by Gasteiger charge is 2.20. The monoisotopic (exact) mass is 465 g/mol. The fourth-order valence-electron chi connectivity index (χ4n) is 4.03. The normalized spacial score (nSPS) is 15.0. The van der Waals surface area contributed by atoms with Crippen LogP contribution in [0, 0.1) is 6.92 Å². The third-order valence-electron chi connectivity index (χ3n) is 5.87. The SMILES string of the molecule is Cc1oc(-c2ccc(CN3CCCC3)cc2)nc1C[S+]([O-])CC(=O)NCCc1ccccc1. The zero-order valence-electron chi connectivity index (χ0n) is 19.1. The molecule has 1 aromatic heterocycles. The van der Waals surface area contributed by atoms with E-state index in [9.17, 15) is 9.35 Å². The molecule has 7 heteroatoms. The van der Waals surface area contributed by atoms with Gasteiger partial charge in [-0.15, -0.1) is 0 Å². The van der Waals surface area contributed by atoms with Crippen molar-refractivity contribution in [3.63, 3.8) is 0 Å². The Labute approximate surface area is 198 Å². The Morgan fingerprint density at radius 1 is 1.09 bits per heavy atom. The van der Waals surface area contributed by atoms with Crippen molar-refractivity contribution in [2.75, 3.05) is 25.4 Å². The van der Waals surface area contributed by atoms with Gasteiger partial charge in [0.05, 0.1) is 0 Å². The van der Waals surface area contributed by atoms with E-state index >= 15 is 0 Å². The van der Waals surface area contributed by atoms with Gasteiger partial charge < -0.3 is 14.3 Å². The molecular formula is C26H31N3O3S. The lowest BCUT2D eigenvalue weighted by Gasteiger charge is -2.14. The third kappa shape index (κ3) is 6.93. The van der Waals surface area contributed by atoms with E-state index in [2.05, 4.69) is 27.3 Å². The predicted molar refractivity (Wildman–Crippen MR) is 131 cm³/mol. The van der Waals surface area contributed by atoms with Crippen LogP contribution in [0.4, 0.5) is 0 Å². The van der Waals surface area contributed by atoms with Gasteiger partial charge in [0.2, 0.25) is 5.89 Å². The van der Waals surface area contributed by atoms with Gasteiger partial charge in [-0.1, -0.05) is 42.5 Å². The smallest absolute Gasteiger partial charge is 0.269 e. The van der Waals surface area contributed by atoms with Crippen molar-refractivity contribution in [1.82, 2.24) is 15.2 Å². The van der Waals surface area contributed by atoms with Gasteiger partial charge in [0.25, 0.3) is 5.91 Å². The number of benzene rings is 2. The van der Waals surface area contributed by atoms with Gasteiger partial charge in [-0.25, -0.2) is 4.98 Å². The fraction of sp³-hybridized carbons (Fsp3) is 0.385. The molecule has 0 spiro atoms. The molecule has 4 rings (SSSR count). The van der Waals surface area contributed by atoms with Crippen LogP contribution in [-0.4, -0.2) is 45.7 Å². The van der Waals surface area contributed by atoms with Crippen LogP contribution in [0.5, 0.6) is 0 Å². The molecule has 3 aromatic rings. The molecule has 33 heavy (non-hydrogen) atoms. The average molecular weight is 466 g/mol. The van der Waals surface area contributed by atoms with Gasteiger partial charge in [-0.05, 0) is 73.7 Å². The van der Waals surface area contributed by atoms with E-state index in [4.69, 9.17) is 4.42 Å². The van der Waals surface area contributed by atoms with E-state index in [-0.39, 0.29) is 17.4 Å². The first-order valence-electron chi connectivity index (χ1n) is 11.5. The van der Waals surface area contributed by atoms with Gasteiger partial charge in [0.15, 0.2) is 11.5 Å². The number of oxazole rings is 1. The molecule has 0 saturated carbocycles. The first-order valence-corrected chi connectivity index (χ1v) is 13.0. The molecule has 0 radical (unpaired) electrons. The number of carbonyl (C=O) groups is 1. The van der Waals surface area contributed by atoms with E-state index in [0.29, 0.717) is 23.9 Å². The molecule has 2 aromatic carbocycles. The first-order chi connectivity index (χ1) is 16.1. The minimum atomic E-state index is -1.35. The first kappa shape index (κ1) is 23.5. The summed E-state index contributed by atoms with van der Waals surface area (Å²) in [6, 6.07) is 18.2. The van der Waals surface area contributed by atoms with Crippen LogP contribution in [0.25, 0.3) is 11.5 Å². The van der Waals surface area contributed by atoms with Crippen LogP contribution in [0.15, 0.2) is 59.0 Å². The van der Waals surface area contributed by atoms with Crippen LogP contribution < -0.4 is 5.32 Å². The van der Waals surface area contributed by atoms with Gasteiger partial charge in [-0.2, -0.15) is 0 Å². The van der Waals surface area contributed by atoms with Crippen molar-refractivity contribution in [3.8, 4) is 11.5 Å². The topological polar surface area (TPSA) is 81.4 Å². The molecule has 1 saturated heterocycles. The lowest BCUT2D eigenvalue weighted by Crippen LogP contribution is -2.32. The number of aryl methyl sites for hydroxylation is 1. The fourth-order valence-corrected chi connectivity index (χ4v) is 5.10. The Bertz CT molecular complexity index is 1030. The van der Waals surface area contributed by atoms with Crippen molar-refractivity contribution in [2.45, 2.75) is 38.5 Å². The molecule has 1 amide bonds. The zero-order valence-corrected chi connectivity index (χ0v) is 19.9. The van der Waals surface area contributed by atoms with E-state index in [1.54, 1.807) is 0 Å². The summed E-state index contributed by atoms with van der Waals surface area (Å²) in [5, 5.41) is 2.85. The quantitative estimate of drug-likeness (QED) is 0.460. The second-order valence-electron chi connectivity index (χ2n) is 8.52. The van der Waals surface area contributed by atoms with Crippen LogP contribution in [-0.2, 0) is 34.7 Å². The van der Waals surface area contributed by atoms with Crippen LogP contribution in [0.1, 0.15) is 35.4 Å². The Kier molecular flexibility index (Phi) is 8.20. The molecule has 1 atom stereocenters. The summed E-state index contributed by atoms with van der Waals surface area (Å²) in [7, 11) is 0. The number of aromatic nitrogens is 1. The summed E-state index contributed by atoms with van der Waals surface area (Å²) in [5.41, 5.74) is 3.98. The molecule has 0 bridgehead atoms. The Balaban J connectivity index is 1.26. The summed E-state index contributed by atoms with van der Waals surface area (Å²) in [4.78, 5) is 19.2. The minimum absolute atomic E-state index is 0.0401. The molecule has 1 aliphatic heterocycles. The summed E-state index contributed by atoms with van der Waals surface area (Å²) >= 11 is -1.35. The molecule has 0 aliphatic carbocycles. The van der Waals surface area contributed by atoms with E-state index < -0.39 is 11.2 Å². The number of nitrogens with zero attached hydrogens (tertiary/aromatic N) is 2. The molecular weight excluding hydrogens is 434 g/mol. The van der Waals surface area contributed by atoms with Crippen molar-refractivity contribution in [1.29, 1.82) is 0 Å². The van der Waals surface area contributed by atoms with Crippen molar-refractivity contribution in [3.05, 3.63) is 77.2 Å². The third-order valence-corrected chi connectivity index (χ3v) is 7.05. The molecule has 174 valence electrons. The van der Waals surface area contributed by atoms with E-state index in [0.717, 1.165) is 24.1 Å². The van der Waals surface area contributed by atoms with Gasteiger partial charge in [-0.3, -0.25) is 9.69 Å². The number of hydrogen-bond acceptors (Lipinski definition) is 5. The van der Waals surface area contributed by atoms with Crippen molar-refractivity contribution in [2.24, 2.45) is 0 Å². The number of likely N-dealkylation sites (tertiary alicyclic amines) is 1. The summed E-state index contributed by atoms with van der Waals surface area (Å²) in [5.74, 6) is 1.12. The highest BCUT2D eigenvalue weighted by atomic mass is 32.2. The predicted octanol–water partition coefficient (Wildman–Crippen LogP) is 3.85. The van der Waals surface area contributed by atoms with Crippen LogP contribution >= 0.6 is 0 Å². The highest BCUT2D eigenvalue weighted by molar-refractivity contribution is 7.91. The maximum Gasteiger partial charge on any atom is 0.269 e. The summed E-state index contributed by atoms with van der Waals surface area (Å²) in [6.07, 6.45) is 3.32. The molecule has 6 nitrogen and oxygen atoms in total. The second-order valence-corrected chi connectivity index (χ2v) is 9.97. The number of amides is 1. The summed E-state index contributed by atoms with van der Waals surface area (Å²) in [6.45, 7) is 5.67. The maximum atomic E-state index is 12.5. The molecule has 1 fully saturated rings. The molecule has 1 aliphatic rings. The number of carbonyl (C=O) groups excluding carboxylic acids is 1. The largest absolute Gasteiger partial charge is 0.616 e. The Hall–Kier alpha value is -2.61. The van der Waals surface area contributed by atoms with Crippen LogP contribution in [0.2, 0.25) is 0 Å². The van der Waals surface area contributed by atoms with E-state index in [1.165, 1.54) is 31.5 Å². The molecule has 2 heterocycles. The van der Waals surface area contributed by atoms with Crippen LogP contribution in [0.3, 0.4) is 0 Å².